The number of rotatable bonds is 5. The normalized spacial score (nSPS) is 11.1. The molecule has 4 aromatic rings. The van der Waals surface area contributed by atoms with E-state index in [1.54, 1.807) is 22.6 Å². The third-order valence-electron chi connectivity index (χ3n) is 4.38. The average molecular weight is 379 g/mol. The lowest BCUT2D eigenvalue weighted by atomic mass is 10.0. The van der Waals surface area contributed by atoms with Gasteiger partial charge in [-0.1, -0.05) is 0 Å². The fourth-order valence-corrected chi connectivity index (χ4v) is 3.08. The Morgan fingerprint density at radius 2 is 1.93 bits per heavy atom. The van der Waals surface area contributed by atoms with Crippen molar-refractivity contribution >= 4 is 17.4 Å². The number of pyridine rings is 1. The molecule has 1 amide bonds. The summed E-state index contributed by atoms with van der Waals surface area (Å²) in [5.41, 5.74) is 9.61. The van der Waals surface area contributed by atoms with Crippen LogP contribution in [0.15, 0.2) is 42.6 Å². The maximum Gasteiger partial charge on any atom is 0.227 e. The van der Waals surface area contributed by atoms with E-state index in [1.165, 1.54) is 12.1 Å². The van der Waals surface area contributed by atoms with E-state index in [9.17, 15) is 9.18 Å². The standard InChI is InChI=1S/C19H18FN7O/c1-2-22-16(28)9-15-24-23-14-8-5-12(10-27(14)15)17-18(25-26-19(17)21)11-3-6-13(20)7-4-11/h3-8,10H,2,9H2,1H3,(H,22,28)(H3,21,25,26). The van der Waals surface area contributed by atoms with Crippen molar-refractivity contribution < 1.29 is 9.18 Å². The van der Waals surface area contributed by atoms with E-state index >= 15 is 0 Å². The third kappa shape index (κ3) is 3.18. The maximum absolute atomic E-state index is 13.3. The number of aromatic nitrogens is 5. The van der Waals surface area contributed by atoms with Crippen LogP contribution in [-0.4, -0.2) is 37.2 Å². The van der Waals surface area contributed by atoms with Crippen LogP contribution in [0, 0.1) is 5.82 Å². The molecule has 4 rings (SSSR count). The van der Waals surface area contributed by atoms with Gasteiger partial charge in [-0.25, -0.2) is 4.39 Å². The highest BCUT2D eigenvalue weighted by molar-refractivity contribution is 5.88. The van der Waals surface area contributed by atoms with Crippen LogP contribution in [0.4, 0.5) is 10.2 Å². The van der Waals surface area contributed by atoms with Crippen LogP contribution in [0.3, 0.4) is 0 Å². The summed E-state index contributed by atoms with van der Waals surface area (Å²) in [6.07, 6.45) is 1.93. The summed E-state index contributed by atoms with van der Waals surface area (Å²) in [6.45, 7) is 2.41. The zero-order valence-corrected chi connectivity index (χ0v) is 15.1. The number of nitrogens with two attached hydrogens (primary N) is 1. The minimum absolute atomic E-state index is 0.115. The molecule has 3 heterocycles. The van der Waals surface area contributed by atoms with E-state index in [-0.39, 0.29) is 18.1 Å². The molecule has 4 N–H and O–H groups in total. The summed E-state index contributed by atoms with van der Waals surface area (Å²) in [4.78, 5) is 11.9. The molecule has 0 radical (unpaired) electrons. The van der Waals surface area contributed by atoms with Gasteiger partial charge in [-0.15, -0.1) is 10.2 Å². The van der Waals surface area contributed by atoms with Crippen molar-refractivity contribution in [1.82, 2.24) is 30.1 Å². The van der Waals surface area contributed by atoms with Gasteiger partial charge >= 0.3 is 0 Å². The van der Waals surface area contributed by atoms with Crippen LogP contribution >= 0.6 is 0 Å². The third-order valence-corrected chi connectivity index (χ3v) is 4.38. The second-order valence-corrected chi connectivity index (χ2v) is 6.26. The number of nitrogens with one attached hydrogen (secondary N) is 2. The minimum atomic E-state index is -0.321. The number of aromatic amines is 1. The Balaban J connectivity index is 1.79. The van der Waals surface area contributed by atoms with Gasteiger partial charge in [0.25, 0.3) is 0 Å². The summed E-state index contributed by atoms with van der Waals surface area (Å²) >= 11 is 0. The second kappa shape index (κ2) is 7.10. The van der Waals surface area contributed by atoms with Crippen molar-refractivity contribution in [2.45, 2.75) is 13.3 Å². The first-order chi connectivity index (χ1) is 13.6. The zero-order valence-electron chi connectivity index (χ0n) is 15.1. The monoisotopic (exact) mass is 379 g/mol. The van der Waals surface area contributed by atoms with Gasteiger partial charge in [-0.05, 0) is 43.3 Å². The van der Waals surface area contributed by atoms with Gasteiger partial charge in [0.15, 0.2) is 11.5 Å². The second-order valence-electron chi connectivity index (χ2n) is 6.26. The van der Waals surface area contributed by atoms with E-state index < -0.39 is 0 Å². The predicted molar refractivity (Wildman–Crippen MR) is 103 cm³/mol. The first-order valence-electron chi connectivity index (χ1n) is 8.77. The highest BCUT2D eigenvalue weighted by Crippen LogP contribution is 2.34. The lowest BCUT2D eigenvalue weighted by molar-refractivity contribution is -0.120. The Kier molecular flexibility index (Phi) is 4.48. The number of nitrogens with zero attached hydrogens (tertiary/aromatic N) is 4. The van der Waals surface area contributed by atoms with Crippen LogP contribution < -0.4 is 11.1 Å². The molecule has 0 spiro atoms. The molecule has 0 saturated heterocycles. The SMILES string of the molecule is CCNC(=O)Cc1nnc2ccc(-c3c(N)n[nH]c3-c3ccc(F)cc3)cn12. The first kappa shape index (κ1) is 17.7. The number of carbonyl (C=O) groups is 1. The average Bonchev–Trinajstić information content (AvgIpc) is 3.26. The van der Waals surface area contributed by atoms with Crippen molar-refractivity contribution in [3.05, 3.63) is 54.2 Å². The van der Waals surface area contributed by atoms with Crippen LogP contribution in [0.2, 0.25) is 0 Å². The Labute approximate surface area is 159 Å². The minimum Gasteiger partial charge on any atom is -0.382 e. The maximum atomic E-state index is 13.3. The summed E-state index contributed by atoms with van der Waals surface area (Å²) in [7, 11) is 0. The Hall–Kier alpha value is -3.75. The highest BCUT2D eigenvalue weighted by Gasteiger charge is 2.17. The molecule has 0 fully saturated rings. The molecule has 28 heavy (non-hydrogen) atoms. The lowest BCUT2D eigenvalue weighted by Gasteiger charge is -2.07. The van der Waals surface area contributed by atoms with E-state index in [4.69, 9.17) is 5.73 Å². The van der Waals surface area contributed by atoms with Crippen LogP contribution in [0.25, 0.3) is 28.0 Å². The van der Waals surface area contributed by atoms with Crippen molar-refractivity contribution in [2.24, 2.45) is 0 Å². The molecule has 0 aliphatic rings. The molecule has 0 aliphatic heterocycles. The number of H-pyrrole nitrogens is 1. The molecule has 9 heteroatoms. The first-order valence-corrected chi connectivity index (χ1v) is 8.77. The molecule has 0 atom stereocenters. The number of fused-ring (bicyclic) bond motifs is 1. The summed E-state index contributed by atoms with van der Waals surface area (Å²) < 4.78 is 15.0. The van der Waals surface area contributed by atoms with Crippen LogP contribution in [-0.2, 0) is 11.2 Å². The predicted octanol–water partition coefficient (Wildman–Crippen LogP) is 2.19. The van der Waals surface area contributed by atoms with E-state index in [1.807, 2.05) is 19.2 Å². The number of anilines is 1. The topological polar surface area (TPSA) is 114 Å². The van der Waals surface area contributed by atoms with Gasteiger partial charge < -0.3 is 11.1 Å². The number of nitrogen functional groups attached to an aromatic ring is 1. The number of hydrogen-bond donors (Lipinski definition) is 3. The smallest absolute Gasteiger partial charge is 0.227 e. The van der Waals surface area contributed by atoms with Gasteiger partial charge in [-0.3, -0.25) is 14.3 Å². The molecular formula is C19H18FN7O. The molecule has 142 valence electrons. The highest BCUT2D eigenvalue weighted by atomic mass is 19.1. The molecule has 1 aromatic carbocycles. The molecule has 0 unspecified atom stereocenters. The van der Waals surface area contributed by atoms with Gasteiger partial charge in [-0.2, -0.15) is 5.10 Å². The summed E-state index contributed by atoms with van der Waals surface area (Å²) in [6, 6.07) is 9.72. The van der Waals surface area contributed by atoms with Gasteiger partial charge in [0, 0.05) is 23.9 Å². The van der Waals surface area contributed by atoms with Crippen LogP contribution in [0.5, 0.6) is 0 Å². The molecule has 8 nitrogen and oxygen atoms in total. The molecular weight excluding hydrogens is 361 g/mol. The Bertz CT molecular complexity index is 1150. The Morgan fingerprint density at radius 1 is 1.18 bits per heavy atom. The fraction of sp³-hybridized carbons (Fsp3) is 0.158. The number of benzene rings is 1. The van der Waals surface area contributed by atoms with Crippen LogP contribution in [0.1, 0.15) is 12.7 Å². The molecule has 0 aliphatic carbocycles. The van der Waals surface area contributed by atoms with Gasteiger partial charge in [0.05, 0.1) is 17.7 Å². The number of carbonyl (C=O) groups excluding carboxylic acids is 1. The number of halogens is 1. The number of amides is 1. The van der Waals surface area contributed by atoms with Crippen molar-refractivity contribution in [2.75, 3.05) is 12.3 Å². The largest absolute Gasteiger partial charge is 0.382 e. The van der Waals surface area contributed by atoms with Crippen molar-refractivity contribution in [1.29, 1.82) is 0 Å². The van der Waals surface area contributed by atoms with Crippen molar-refractivity contribution in [3.63, 3.8) is 0 Å². The van der Waals surface area contributed by atoms with E-state index in [0.717, 1.165) is 11.1 Å². The fourth-order valence-electron chi connectivity index (χ4n) is 3.08. The number of hydrogen-bond acceptors (Lipinski definition) is 5. The lowest BCUT2D eigenvalue weighted by Crippen LogP contribution is -2.25. The zero-order chi connectivity index (χ0) is 19.7. The summed E-state index contributed by atoms with van der Waals surface area (Å²) in [5.74, 6) is 0.390. The van der Waals surface area contributed by atoms with E-state index in [0.29, 0.717) is 35.1 Å². The van der Waals surface area contributed by atoms with Crippen molar-refractivity contribution in [3.8, 4) is 22.4 Å². The molecule has 0 saturated carbocycles. The Morgan fingerprint density at radius 3 is 2.68 bits per heavy atom. The van der Waals surface area contributed by atoms with Gasteiger partial charge in [0.2, 0.25) is 5.91 Å². The van der Waals surface area contributed by atoms with Gasteiger partial charge in [0.1, 0.15) is 11.6 Å². The summed E-state index contributed by atoms with van der Waals surface area (Å²) in [5, 5.41) is 18.0. The molecule has 0 bridgehead atoms. The van der Waals surface area contributed by atoms with E-state index in [2.05, 4.69) is 25.7 Å². The number of likely N-dealkylation sites (N-methyl/N-ethyl adjacent to an activating group) is 1. The molecule has 3 aromatic heterocycles. The quantitative estimate of drug-likeness (QED) is 0.492.